The van der Waals surface area contributed by atoms with Gasteiger partial charge in [-0.3, -0.25) is 0 Å². The first-order valence-electron chi connectivity index (χ1n) is 6.38. The maximum atomic E-state index is 12.6. The van der Waals surface area contributed by atoms with E-state index in [2.05, 4.69) is 19.2 Å². The van der Waals surface area contributed by atoms with Gasteiger partial charge < -0.3 is 5.32 Å². The minimum absolute atomic E-state index is 0.419. The van der Waals surface area contributed by atoms with Gasteiger partial charge in [0.1, 0.15) is 0 Å². The van der Waals surface area contributed by atoms with Crippen LogP contribution >= 0.6 is 0 Å². The molecule has 0 aromatic heterocycles. The second kappa shape index (κ2) is 6.75. The third-order valence-corrected chi connectivity index (χ3v) is 2.79. The monoisotopic (exact) mass is 271 g/mol. The van der Waals surface area contributed by atoms with E-state index in [-0.39, 0.29) is 0 Å². The average Bonchev–Trinajstić information content (AvgIpc) is 2.33. The third-order valence-electron chi connectivity index (χ3n) is 2.79. The van der Waals surface area contributed by atoms with E-state index in [1.54, 1.807) is 6.07 Å². The number of benzene rings is 1. The van der Waals surface area contributed by atoms with Crippen molar-refractivity contribution in [1.29, 1.82) is 0 Å². The van der Waals surface area contributed by atoms with Gasteiger partial charge in [0.2, 0.25) is 0 Å². The van der Waals surface area contributed by atoms with Gasteiger partial charge in [-0.2, -0.15) is 13.2 Å². The van der Waals surface area contributed by atoms with Crippen LogP contribution in [0.3, 0.4) is 0 Å². The molecular weight excluding hydrogens is 251 g/mol. The van der Waals surface area contributed by atoms with Crippen LogP contribution in [0.25, 0.3) is 5.57 Å². The largest absolute Gasteiger partial charge is 0.416 e. The van der Waals surface area contributed by atoms with Crippen LogP contribution in [0.2, 0.25) is 0 Å². The zero-order valence-corrected chi connectivity index (χ0v) is 11.5. The molecule has 0 atom stereocenters. The zero-order valence-electron chi connectivity index (χ0n) is 11.5. The fourth-order valence-corrected chi connectivity index (χ4v) is 1.72. The maximum Gasteiger partial charge on any atom is 0.416 e. The van der Waals surface area contributed by atoms with Gasteiger partial charge in [0.25, 0.3) is 0 Å². The summed E-state index contributed by atoms with van der Waals surface area (Å²) in [5, 5.41) is 3.26. The van der Waals surface area contributed by atoms with E-state index >= 15 is 0 Å². The van der Waals surface area contributed by atoms with Crippen LogP contribution in [-0.4, -0.2) is 12.6 Å². The lowest BCUT2D eigenvalue weighted by Gasteiger charge is -2.09. The van der Waals surface area contributed by atoms with Crippen molar-refractivity contribution in [3.05, 3.63) is 41.5 Å². The Labute approximate surface area is 112 Å². The van der Waals surface area contributed by atoms with Gasteiger partial charge >= 0.3 is 6.18 Å². The van der Waals surface area contributed by atoms with Gasteiger partial charge in [0, 0.05) is 6.04 Å². The molecule has 0 radical (unpaired) electrons. The highest BCUT2D eigenvalue weighted by molar-refractivity contribution is 5.64. The van der Waals surface area contributed by atoms with Crippen LogP contribution in [0, 0.1) is 0 Å². The molecule has 0 aliphatic heterocycles. The van der Waals surface area contributed by atoms with Crippen LogP contribution in [0.1, 0.15) is 38.3 Å². The minimum atomic E-state index is -4.28. The van der Waals surface area contributed by atoms with Gasteiger partial charge in [-0.1, -0.05) is 32.1 Å². The molecule has 0 spiro atoms. The van der Waals surface area contributed by atoms with E-state index in [1.165, 1.54) is 12.1 Å². The SMILES string of the molecule is CC(=CCCNC(C)C)c1cccc(C(F)(F)F)c1. The molecule has 1 aromatic carbocycles. The highest BCUT2D eigenvalue weighted by Crippen LogP contribution is 2.30. The lowest BCUT2D eigenvalue weighted by Crippen LogP contribution is -2.23. The Balaban J connectivity index is 2.71. The van der Waals surface area contributed by atoms with Crippen molar-refractivity contribution in [3.63, 3.8) is 0 Å². The molecule has 0 aliphatic rings. The molecule has 0 bridgehead atoms. The average molecular weight is 271 g/mol. The number of hydrogen-bond donors (Lipinski definition) is 1. The van der Waals surface area contributed by atoms with Crippen LogP contribution in [-0.2, 0) is 6.18 Å². The summed E-state index contributed by atoms with van der Waals surface area (Å²) >= 11 is 0. The smallest absolute Gasteiger partial charge is 0.314 e. The molecule has 1 N–H and O–H groups in total. The molecule has 0 saturated heterocycles. The van der Waals surface area contributed by atoms with Gasteiger partial charge in [0.05, 0.1) is 5.56 Å². The molecule has 0 saturated carbocycles. The summed E-state index contributed by atoms with van der Waals surface area (Å²) in [5.74, 6) is 0. The fraction of sp³-hybridized carbons (Fsp3) is 0.467. The molecule has 0 unspecified atom stereocenters. The molecule has 0 fully saturated rings. The minimum Gasteiger partial charge on any atom is -0.314 e. The second-order valence-electron chi connectivity index (χ2n) is 4.86. The van der Waals surface area contributed by atoms with Crippen molar-refractivity contribution in [2.75, 3.05) is 6.54 Å². The molecule has 4 heteroatoms. The highest BCUT2D eigenvalue weighted by Gasteiger charge is 2.30. The molecule has 106 valence electrons. The molecule has 0 heterocycles. The van der Waals surface area contributed by atoms with Crippen molar-refractivity contribution >= 4 is 5.57 Å². The highest BCUT2D eigenvalue weighted by atomic mass is 19.4. The molecule has 1 rings (SSSR count). The van der Waals surface area contributed by atoms with Crippen LogP contribution < -0.4 is 5.32 Å². The Bertz CT molecular complexity index is 433. The Hall–Kier alpha value is -1.29. The standard InChI is InChI=1S/C15H20F3N/c1-11(2)19-9-5-6-12(3)13-7-4-8-14(10-13)15(16,17)18/h4,6-8,10-11,19H,5,9H2,1-3H3. The van der Waals surface area contributed by atoms with Gasteiger partial charge in [-0.25, -0.2) is 0 Å². The second-order valence-corrected chi connectivity index (χ2v) is 4.86. The quantitative estimate of drug-likeness (QED) is 0.778. The molecule has 1 aromatic rings. The number of allylic oxidation sites excluding steroid dienone is 1. The van der Waals surface area contributed by atoms with Crippen molar-refractivity contribution in [2.24, 2.45) is 0 Å². The Morgan fingerprint density at radius 2 is 2.00 bits per heavy atom. The van der Waals surface area contributed by atoms with Crippen molar-refractivity contribution in [2.45, 2.75) is 39.4 Å². The van der Waals surface area contributed by atoms with Gasteiger partial charge in [-0.15, -0.1) is 0 Å². The predicted octanol–water partition coefficient (Wildman–Crippen LogP) is 4.50. The number of halogens is 3. The topological polar surface area (TPSA) is 12.0 Å². The molecule has 19 heavy (non-hydrogen) atoms. The summed E-state index contributed by atoms with van der Waals surface area (Å²) in [5.41, 5.74) is 0.897. The lowest BCUT2D eigenvalue weighted by molar-refractivity contribution is -0.137. The number of rotatable bonds is 5. The predicted molar refractivity (Wildman–Crippen MR) is 72.9 cm³/mol. The summed E-state index contributed by atoms with van der Waals surface area (Å²) in [6.07, 6.45) is -1.51. The number of nitrogens with one attached hydrogen (secondary N) is 1. The number of alkyl halides is 3. The third kappa shape index (κ3) is 5.47. The van der Waals surface area contributed by atoms with E-state index in [1.807, 2.05) is 13.0 Å². The molecule has 1 nitrogen and oxygen atoms in total. The summed E-state index contributed by atoms with van der Waals surface area (Å²) in [6, 6.07) is 5.86. The van der Waals surface area contributed by atoms with Crippen molar-refractivity contribution in [1.82, 2.24) is 5.32 Å². The molecule has 0 amide bonds. The van der Waals surface area contributed by atoms with E-state index in [9.17, 15) is 13.2 Å². The first kappa shape index (κ1) is 15.8. The summed E-state index contributed by atoms with van der Waals surface area (Å²) in [6.45, 7) is 6.78. The Morgan fingerprint density at radius 3 is 2.58 bits per heavy atom. The summed E-state index contributed by atoms with van der Waals surface area (Å²) < 4.78 is 37.8. The Kier molecular flexibility index (Phi) is 5.60. The van der Waals surface area contributed by atoms with Crippen molar-refractivity contribution < 1.29 is 13.2 Å². The first-order valence-corrected chi connectivity index (χ1v) is 6.38. The van der Waals surface area contributed by atoms with E-state index in [0.29, 0.717) is 11.6 Å². The number of hydrogen-bond acceptors (Lipinski definition) is 1. The maximum absolute atomic E-state index is 12.6. The van der Waals surface area contributed by atoms with Crippen LogP contribution in [0.4, 0.5) is 13.2 Å². The van der Waals surface area contributed by atoms with E-state index < -0.39 is 11.7 Å². The van der Waals surface area contributed by atoms with Crippen molar-refractivity contribution in [3.8, 4) is 0 Å². The molecule has 0 aliphatic carbocycles. The summed E-state index contributed by atoms with van der Waals surface area (Å²) in [7, 11) is 0. The van der Waals surface area contributed by atoms with Gasteiger partial charge in [0.15, 0.2) is 0 Å². The zero-order chi connectivity index (χ0) is 14.5. The normalized spacial score (nSPS) is 13.1. The van der Waals surface area contributed by atoms with Crippen LogP contribution in [0.15, 0.2) is 30.3 Å². The summed E-state index contributed by atoms with van der Waals surface area (Å²) in [4.78, 5) is 0. The fourth-order valence-electron chi connectivity index (χ4n) is 1.72. The van der Waals surface area contributed by atoms with Gasteiger partial charge in [-0.05, 0) is 43.2 Å². The molecular formula is C15H20F3N. The van der Waals surface area contributed by atoms with Crippen LogP contribution in [0.5, 0.6) is 0 Å². The van der Waals surface area contributed by atoms with E-state index in [4.69, 9.17) is 0 Å². The Morgan fingerprint density at radius 1 is 1.32 bits per heavy atom. The first-order chi connectivity index (χ1) is 8.80. The van der Waals surface area contributed by atoms with E-state index in [0.717, 1.165) is 24.6 Å². The lowest BCUT2D eigenvalue weighted by atomic mass is 10.0.